The average molecular weight is 207 g/mol. The van der Waals surface area contributed by atoms with Gasteiger partial charge in [0, 0.05) is 19.0 Å². The molecule has 0 bridgehead atoms. The van der Waals surface area contributed by atoms with Crippen molar-refractivity contribution >= 4 is 0 Å². The summed E-state index contributed by atoms with van der Waals surface area (Å²) in [5, 5.41) is 0. The lowest BCUT2D eigenvalue weighted by Gasteiger charge is -2.21. The first-order chi connectivity index (χ1) is 7.20. The van der Waals surface area contributed by atoms with Crippen LogP contribution in [0, 0.1) is 0 Å². The van der Waals surface area contributed by atoms with E-state index in [1.54, 1.807) is 0 Å². The second-order valence-electron chi connectivity index (χ2n) is 4.72. The topological polar surface area (TPSA) is 43.8 Å². The molecule has 1 fully saturated rings. The lowest BCUT2D eigenvalue weighted by molar-refractivity contribution is 0.419. The van der Waals surface area contributed by atoms with Crippen LogP contribution in [0.5, 0.6) is 0 Å². The van der Waals surface area contributed by atoms with E-state index in [4.69, 9.17) is 5.73 Å². The Balaban J connectivity index is 2.20. The van der Waals surface area contributed by atoms with Gasteiger partial charge in [0.05, 0.1) is 11.9 Å². The van der Waals surface area contributed by atoms with E-state index < -0.39 is 0 Å². The summed E-state index contributed by atoms with van der Waals surface area (Å²) in [7, 11) is 2.09. The van der Waals surface area contributed by atoms with Crippen LogP contribution < -0.4 is 5.73 Å². The van der Waals surface area contributed by atoms with Gasteiger partial charge in [-0.1, -0.05) is 19.3 Å². The van der Waals surface area contributed by atoms with Crippen molar-refractivity contribution < 1.29 is 0 Å². The molecule has 0 aromatic carbocycles. The van der Waals surface area contributed by atoms with Gasteiger partial charge in [0.1, 0.15) is 5.82 Å². The van der Waals surface area contributed by atoms with Crippen molar-refractivity contribution in [2.24, 2.45) is 12.8 Å². The van der Waals surface area contributed by atoms with Gasteiger partial charge in [-0.3, -0.25) is 0 Å². The normalized spacial score (nSPS) is 20.5. The van der Waals surface area contributed by atoms with Gasteiger partial charge >= 0.3 is 0 Å². The van der Waals surface area contributed by atoms with E-state index >= 15 is 0 Å². The third kappa shape index (κ3) is 2.07. The van der Waals surface area contributed by atoms with Crippen LogP contribution in [0.25, 0.3) is 0 Å². The van der Waals surface area contributed by atoms with E-state index in [-0.39, 0.29) is 6.04 Å². The highest BCUT2D eigenvalue weighted by Crippen LogP contribution is 2.32. The first-order valence-electron chi connectivity index (χ1n) is 5.97. The number of imidazole rings is 1. The minimum atomic E-state index is 0.0832. The molecule has 1 aliphatic carbocycles. The molecule has 3 nitrogen and oxygen atoms in total. The predicted octanol–water partition coefficient (Wildman–Crippen LogP) is 2.49. The first kappa shape index (κ1) is 10.7. The van der Waals surface area contributed by atoms with Crippen LogP contribution in [0.15, 0.2) is 6.20 Å². The predicted molar refractivity (Wildman–Crippen MR) is 61.6 cm³/mol. The number of rotatable bonds is 2. The SMILES string of the molecule is CC(N)c1cnc(C2CCCCC2)n1C. The van der Waals surface area contributed by atoms with Gasteiger partial charge in [0.15, 0.2) is 0 Å². The Hall–Kier alpha value is -0.830. The zero-order valence-corrected chi connectivity index (χ0v) is 9.74. The largest absolute Gasteiger partial charge is 0.333 e. The number of aromatic nitrogens is 2. The fourth-order valence-electron chi connectivity index (χ4n) is 2.60. The summed E-state index contributed by atoms with van der Waals surface area (Å²) >= 11 is 0. The molecule has 3 heteroatoms. The number of nitrogens with two attached hydrogens (primary N) is 1. The minimum absolute atomic E-state index is 0.0832. The van der Waals surface area contributed by atoms with E-state index in [1.165, 1.54) is 37.9 Å². The Morgan fingerprint density at radius 3 is 2.60 bits per heavy atom. The lowest BCUT2D eigenvalue weighted by Crippen LogP contribution is -2.14. The molecule has 1 saturated carbocycles. The van der Waals surface area contributed by atoms with Crippen LogP contribution in [0.2, 0.25) is 0 Å². The summed E-state index contributed by atoms with van der Waals surface area (Å²) in [5.74, 6) is 1.90. The van der Waals surface area contributed by atoms with Gasteiger partial charge in [-0.25, -0.2) is 4.98 Å². The van der Waals surface area contributed by atoms with E-state index in [0.29, 0.717) is 5.92 Å². The molecule has 0 amide bonds. The monoisotopic (exact) mass is 207 g/mol. The van der Waals surface area contributed by atoms with Gasteiger partial charge in [0.2, 0.25) is 0 Å². The molecular formula is C12H21N3. The van der Waals surface area contributed by atoms with Gasteiger partial charge in [-0.05, 0) is 19.8 Å². The maximum atomic E-state index is 5.90. The highest BCUT2D eigenvalue weighted by atomic mass is 15.1. The molecule has 0 aliphatic heterocycles. The second-order valence-corrected chi connectivity index (χ2v) is 4.72. The van der Waals surface area contributed by atoms with Crippen molar-refractivity contribution in [2.45, 2.75) is 51.0 Å². The third-order valence-corrected chi connectivity index (χ3v) is 3.50. The average Bonchev–Trinajstić information content (AvgIpc) is 2.61. The molecule has 15 heavy (non-hydrogen) atoms. The van der Waals surface area contributed by atoms with Crippen molar-refractivity contribution in [3.63, 3.8) is 0 Å². The summed E-state index contributed by atoms with van der Waals surface area (Å²) in [5.41, 5.74) is 7.05. The summed E-state index contributed by atoms with van der Waals surface area (Å²) < 4.78 is 2.20. The Kier molecular flexibility index (Phi) is 3.10. The van der Waals surface area contributed by atoms with Gasteiger partial charge < -0.3 is 10.3 Å². The molecule has 1 unspecified atom stereocenters. The van der Waals surface area contributed by atoms with Crippen molar-refractivity contribution in [1.29, 1.82) is 0 Å². The van der Waals surface area contributed by atoms with Crippen LogP contribution in [0.3, 0.4) is 0 Å². The van der Waals surface area contributed by atoms with E-state index in [2.05, 4.69) is 16.6 Å². The minimum Gasteiger partial charge on any atom is -0.333 e. The highest BCUT2D eigenvalue weighted by molar-refractivity contribution is 5.12. The Bertz CT molecular complexity index is 322. The zero-order valence-electron chi connectivity index (χ0n) is 9.74. The van der Waals surface area contributed by atoms with Crippen LogP contribution in [0.1, 0.15) is 62.5 Å². The quantitative estimate of drug-likeness (QED) is 0.809. The number of hydrogen-bond donors (Lipinski definition) is 1. The van der Waals surface area contributed by atoms with Crippen LogP contribution in [0.4, 0.5) is 0 Å². The van der Waals surface area contributed by atoms with Crippen molar-refractivity contribution in [1.82, 2.24) is 9.55 Å². The molecule has 0 spiro atoms. The Labute approximate surface area is 91.7 Å². The maximum absolute atomic E-state index is 5.90. The zero-order chi connectivity index (χ0) is 10.8. The van der Waals surface area contributed by atoms with Crippen molar-refractivity contribution in [2.75, 3.05) is 0 Å². The molecule has 1 heterocycles. The van der Waals surface area contributed by atoms with Gasteiger partial charge in [-0.15, -0.1) is 0 Å². The molecular weight excluding hydrogens is 186 g/mol. The van der Waals surface area contributed by atoms with Crippen LogP contribution >= 0.6 is 0 Å². The number of hydrogen-bond acceptors (Lipinski definition) is 2. The third-order valence-electron chi connectivity index (χ3n) is 3.50. The van der Waals surface area contributed by atoms with Crippen LogP contribution in [-0.2, 0) is 7.05 Å². The standard InChI is InChI=1S/C12H21N3/c1-9(13)11-8-14-12(15(11)2)10-6-4-3-5-7-10/h8-10H,3-7,13H2,1-2H3. The summed E-state index contributed by atoms with van der Waals surface area (Å²) in [4.78, 5) is 4.54. The summed E-state index contributed by atoms with van der Waals surface area (Å²) in [6.07, 6.45) is 8.62. The molecule has 84 valence electrons. The molecule has 0 saturated heterocycles. The molecule has 2 rings (SSSR count). The molecule has 2 N–H and O–H groups in total. The fourth-order valence-corrected chi connectivity index (χ4v) is 2.60. The summed E-state index contributed by atoms with van der Waals surface area (Å²) in [6, 6.07) is 0.0832. The maximum Gasteiger partial charge on any atom is 0.111 e. The van der Waals surface area contributed by atoms with Crippen molar-refractivity contribution in [3.05, 3.63) is 17.7 Å². The fraction of sp³-hybridized carbons (Fsp3) is 0.750. The smallest absolute Gasteiger partial charge is 0.111 e. The van der Waals surface area contributed by atoms with E-state index in [9.17, 15) is 0 Å². The molecule has 1 aromatic rings. The second kappa shape index (κ2) is 4.35. The molecule has 1 aliphatic rings. The Morgan fingerprint density at radius 2 is 2.07 bits per heavy atom. The van der Waals surface area contributed by atoms with Gasteiger partial charge in [-0.2, -0.15) is 0 Å². The summed E-state index contributed by atoms with van der Waals surface area (Å²) in [6.45, 7) is 2.02. The van der Waals surface area contributed by atoms with Crippen molar-refractivity contribution in [3.8, 4) is 0 Å². The first-order valence-corrected chi connectivity index (χ1v) is 5.97. The highest BCUT2D eigenvalue weighted by Gasteiger charge is 2.21. The number of nitrogens with zero attached hydrogens (tertiary/aromatic N) is 2. The molecule has 1 atom stereocenters. The van der Waals surface area contributed by atoms with E-state index in [1.807, 2.05) is 13.1 Å². The Morgan fingerprint density at radius 1 is 1.40 bits per heavy atom. The molecule has 0 radical (unpaired) electrons. The van der Waals surface area contributed by atoms with Gasteiger partial charge in [0.25, 0.3) is 0 Å². The lowest BCUT2D eigenvalue weighted by atomic mass is 9.89. The van der Waals surface area contributed by atoms with Crippen LogP contribution in [-0.4, -0.2) is 9.55 Å². The molecule has 1 aromatic heterocycles. The van der Waals surface area contributed by atoms with E-state index in [0.717, 1.165) is 5.69 Å².